The molecule has 3 aromatic rings. The largest absolute Gasteiger partial charge is 0.312 e. The molecule has 1 amide bonds. The fourth-order valence-corrected chi connectivity index (χ4v) is 4.20. The number of rotatable bonds is 2. The van der Waals surface area contributed by atoms with Gasteiger partial charge in [-0.25, -0.2) is 4.98 Å². The highest BCUT2D eigenvalue weighted by Gasteiger charge is 2.23. The van der Waals surface area contributed by atoms with Gasteiger partial charge >= 0.3 is 0 Å². The number of carbonyl (C=O) groups excluding carboxylic acids is 2. The van der Waals surface area contributed by atoms with E-state index in [4.69, 9.17) is 0 Å². The van der Waals surface area contributed by atoms with Crippen LogP contribution in [-0.2, 0) is 11.2 Å². The Morgan fingerprint density at radius 3 is 2.96 bits per heavy atom. The molecule has 5 nitrogen and oxygen atoms in total. The van der Waals surface area contributed by atoms with Gasteiger partial charge in [0.2, 0.25) is 5.91 Å². The number of imidazole rings is 1. The maximum absolute atomic E-state index is 11.8. The number of amides is 1. The highest BCUT2D eigenvalue weighted by molar-refractivity contribution is 7.17. The van der Waals surface area contributed by atoms with Gasteiger partial charge in [0.25, 0.3) is 0 Å². The van der Waals surface area contributed by atoms with E-state index in [1.54, 1.807) is 24.5 Å². The molecule has 0 fully saturated rings. The zero-order valence-electron chi connectivity index (χ0n) is 12.9. The van der Waals surface area contributed by atoms with Gasteiger partial charge in [0.15, 0.2) is 11.2 Å². The van der Waals surface area contributed by atoms with Gasteiger partial charge in [-0.15, -0.1) is 11.3 Å². The summed E-state index contributed by atoms with van der Waals surface area (Å²) in [7, 11) is 0. The van der Waals surface area contributed by atoms with Crippen LogP contribution in [0, 0.1) is 6.92 Å². The molecule has 0 spiro atoms. The van der Waals surface area contributed by atoms with Gasteiger partial charge in [-0.05, 0) is 25.0 Å². The minimum atomic E-state index is 0.0685. The van der Waals surface area contributed by atoms with E-state index in [-0.39, 0.29) is 5.91 Å². The summed E-state index contributed by atoms with van der Waals surface area (Å²) in [6, 6.07) is 6.24. The number of nitrogens with zero attached hydrogens (tertiary/aromatic N) is 3. The van der Waals surface area contributed by atoms with Crippen molar-refractivity contribution in [3.05, 3.63) is 40.5 Å². The molecule has 0 unspecified atom stereocenters. The Labute approximate surface area is 137 Å². The minimum Gasteiger partial charge on any atom is -0.312 e. The Morgan fingerprint density at radius 2 is 2.22 bits per heavy atom. The quantitative estimate of drug-likeness (QED) is 0.680. The fourth-order valence-electron chi connectivity index (χ4n) is 3.22. The van der Waals surface area contributed by atoms with E-state index in [0.29, 0.717) is 5.69 Å². The average molecular weight is 325 g/mol. The lowest BCUT2D eigenvalue weighted by Crippen LogP contribution is -2.25. The van der Waals surface area contributed by atoms with Gasteiger partial charge in [-0.2, -0.15) is 0 Å². The molecule has 0 radical (unpaired) electrons. The van der Waals surface area contributed by atoms with Gasteiger partial charge in [0.1, 0.15) is 5.69 Å². The Hall–Kier alpha value is -2.47. The van der Waals surface area contributed by atoms with Crippen molar-refractivity contribution in [1.82, 2.24) is 9.38 Å². The second kappa shape index (κ2) is 5.03. The number of benzene rings is 1. The molecule has 6 heteroatoms. The van der Waals surface area contributed by atoms with E-state index in [9.17, 15) is 9.59 Å². The first-order valence-electron chi connectivity index (χ1n) is 7.43. The molecule has 0 bridgehead atoms. The predicted molar refractivity (Wildman–Crippen MR) is 90.4 cm³/mol. The topological polar surface area (TPSA) is 54.7 Å². The van der Waals surface area contributed by atoms with Crippen LogP contribution in [0.15, 0.2) is 24.4 Å². The van der Waals surface area contributed by atoms with Crippen LogP contribution in [-0.4, -0.2) is 28.1 Å². The van der Waals surface area contributed by atoms with E-state index in [2.05, 4.69) is 23.2 Å². The fraction of sp³-hybridized carbons (Fsp3) is 0.235. The van der Waals surface area contributed by atoms with E-state index < -0.39 is 0 Å². The van der Waals surface area contributed by atoms with E-state index in [1.807, 2.05) is 16.2 Å². The zero-order valence-corrected chi connectivity index (χ0v) is 13.7. The summed E-state index contributed by atoms with van der Waals surface area (Å²) < 4.78 is 1.96. The van der Waals surface area contributed by atoms with E-state index >= 15 is 0 Å². The number of carbonyl (C=O) groups is 2. The first-order valence-corrected chi connectivity index (χ1v) is 8.25. The van der Waals surface area contributed by atoms with Crippen LogP contribution in [0.2, 0.25) is 0 Å². The predicted octanol–water partition coefficient (Wildman–Crippen LogP) is 3.09. The third-order valence-electron chi connectivity index (χ3n) is 4.27. The average Bonchev–Trinajstić information content (AvgIpc) is 3.17. The van der Waals surface area contributed by atoms with Crippen molar-refractivity contribution in [3.63, 3.8) is 0 Å². The smallest absolute Gasteiger partial charge is 0.223 e. The minimum absolute atomic E-state index is 0.0685. The SMILES string of the molecule is CC(=O)N1CCc2ccc(-c3c(C)sc4nc(C=O)cn34)cc21. The number of hydrogen-bond donors (Lipinski definition) is 0. The van der Waals surface area contributed by atoms with Gasteiger partial charge < -0.3 is 4.90 Å². The lowest BCUT2D eigenvalue weighted by Gasteiger charge is -2.15. The summed E-state index contributed by atoms with van der Waals surface area (Å²) in [6.45, 7) is 4.39. The van der Waals surface area contributed by atoms with Gasteiger partial charge in [0.05, 0.1) is 5.69 Å². The molecule has 1 aliphatic heterocycles. The highest BCUT2D eigenvalue weighted by Crippen LogP contribution is 2.36. The van der Waals surface area contributed by atoms with Crippen LogP contribution in [0.25, 0.3) is 16.2 Å². The van der Waals surface area contributed by atoms with Crippen molar-refractivity contribution in [2.24, 2.45) is 0 Å². The molecular formula is C17H15N3O2S. The Morgan fingerprint density at radius 1 is 1.39 bits per heavy atom. The molecule has 0 atom stereocenters. The number of fused-ring (bicyclic) bond motifs is 2. The number of aromatic nitrogens is 2. The van der Waals surface area contributed by atoms with Gasteiger partial charge in [0, 0.05) is 35.8 Å². The highest BCUT2D eigenvalue weighted by atomic mass is 32.1. The lowest BCUT2D eigenvalue weighted by molar-refractivity contribution is -0.116. The van der Waals surface area contributed by atoms with E-state index in [1.165, 1.54) is 5.56 Å². The molecule has 4 rings (SSSR count). The molecule has 0 N–H and O–H groups in total. The Kier molecular flexibility index (Phi) is 3.09. The third-order valence-corrected chi connectivity index (χ3v) is 5.24. The summed E-state index contributed by atoms with van der Waals surface area (Å²) in [5.41, 5.74) is 4.69. The van der Waals surface area contributed by atoms with Crippen molar-refractivity contribution < 1.29 is 9.59 Å². The van der Waals surface area contributed by atoms with Crippen LogP contribution in [0.4, 0.5) is 5.69 Å². The van der Waals surface area contributed by atoms with Crippen molar-refractivity contribution in [2.45, 2.75) is 20.3 Å². The van der Waals surface area contributed by atoms with Gasteiger partial charge in [-0.3, -0.25) is 14.0 Å². The second-order valence-corrected chi connectivity index (χ2v) is 6.89. The van der Waals surface area contributed by atoms with Crippen molar-refractivity contribution in [1.29, 1.82) is 0 Å². The second-order valence-electron chi connectivity index (χ2n) is 5.71. The molecule has 23 heavy (non-hydrogen) atoms. The maximum atomic E-state index is 11.8. The maximum Gasteiger partial charge on any atom is 0.223 e. The molecule has 0 saturated carbocycles. The van der Waals surface area contributed by atoms with Crippen molar-refractivity contribution in [2.75, 3.05) is 11.4 Å². The Bertz CT molecular complexity index is 954. The number of hydrogen-bond acceptors (Lipinski definition) is 4. The first-order chi connectivity index (χ1) is 11.1. The van der Waals surface area contributed by atoms with Crippen LogP contribution >= 0.6 is 11.3 Å². The number of aldehydes is 1. The summed E-state index contributed by atoms with van der Waals surface area (Å²) in [4.78, 5) is 30.8. The Balaban J connectivity index is 1.90. The molecular weight excluding hydrogens is 310 g/mol. The monoisotopic (exact) mass is 325 g/mol. The normalized spacial score (nSPS) is 13.6. The summed E-state index contributed by atoms with van der Waals surface area (Å²) >= 11 is 1.56. The molecule has 2 aromatic heterocycles. The van der Waals surface area contributed by atoms with Crippen LogP contribution < -0.4 is 4.90 Å². The standard InChI is InChI=1S/C17H15N3O2S/c1-10-16(20-8-14(9-21)18-17(20)23-10)13-4-3-12-5-6-19(11(2)22)15(12)7-13/h3-4,7-9H,5-6H2,1-2H3. The summed E-state index contributed by atoms with van der Waals surface area (Å²) in [5, 5.41) is 0. The molecule has 3 heterocycles. The lowest BCUT2D eigenvalue weighted by atomic mass is 10.1. The summed E-state index contributed by atoms with van der Waals surface area (Å²) in [6.07, 6.45) is 3.42. The van der Waals surface area contributed by atoms with Crippen molar-refractivity contribution >= 4 is 34.2 Å². The van der Waals surface area contributed by atoms with Gasteiger partial charge in [-0.1, -0.05) is 12.1 Å². The molecule has 0 aliphatic carbocycles. The zero-order chi connectivity index (χ0) is 16.1. The first kappa shape index (κ1) is 14.1. The van der Waals surface area contributed by atoms with Crippen LogP contribution in [0.1, 0.15) is 27.9 Å². The van der Waals surface area contributed by atoms with E-state index in [0.717, 1.165) is 46.0 Å². The molecule has 116 valence electrons. The molecule has 1 aliphatic rings. The number of anilines is 1. The van der Waals surface area contributed by atoms with Crippen molar-refractivity contribution in [3.8, 4) is 11.3 Å². The van der Waals surface area contributed by atoms with Crippen LogP contribution in [0.3, 0.4) is 0 Å². The molecule has 0 saturated heterocycles. The third kappa shape index (κ3) is 2.09. The summed E-state index contributed by atoms with van der Waals surface area (Å²) in [5.74, 6) is 0.0685. The number of thiazole rings is 1. The van der Waals surface area contributed by atoms with Crippen LogP contribution in [0.5, 0.6) is 0 Å². The number of aryl methyl sites for hydroxylation is 1. The molecule has 1 aromatic carbocycles.